The summed E-state index contributed by atoms with van der Waals surface area (Å²) in [7, 11) is 3.57. The predicted octanol–water partition coefficient (Wildman–Crippen LogP) is 1.84. The summed E-state index contributed by atoms with van der Waals surface area (Å²) in [5.74, 6) is 0.0652. The zero-order chi connectivity index (χ0) is 14.7. The molecule has 4 heteroatoms. The van der Waals surface area contributed by atoms with E-state index < -0.39 is 0 Å². The Labute approximate surface area is 122 Å². The van der Waals surface area contributed by atoms with Gasteiger partial charge in [-0.2, -0.15) is 0 Å². The number of carbonyl (C=O) groups excluding carboxylic acids is 1. The van der Waals surface area contributed by atoms with Crippen LogP contribution in [0, 0.1) is 6.92 Å². The lowest BCUT2D eigenvalue weighted by Gasteiger charge is -2.36. The number of aryl methyl sites for hydroxylation is 1. The topological polar surface area (TPSA) is 26.8 Å². The van der Waals surface area contributed by atoms with E-state index in [1.54, 1.807) is 19.0 Å². The van der Waals surface area contributed by atoms with Gasteiger partial charge in [-0.1, -0.05) is 6.92 Å². The van der Waals surface area contributed by atoms with E-state index >= 15 is 0 Å². The fraction of sp³-hybridized carbons (Fsp3) is 0.562. The van der Waals surface area contributed by atoms with Gasteiger partial charge in [-0.25, -0.2) is 0 Å². The molecule has 0 spiro atoms. The second kappa shape index (κ2) is 6.27. The van der Waals surface area contributed by atoms with Crippen molar-refractivity contribution in [3.8, 4) is 0 Å². The molecular formula is C16H25N3O. The van der Waals surface area contributed by atoms with Gasteiger partial charge in [0.15, 0.2) is 0 Å². The Hall–Kier alpha value is -1.55. The maximum absolute atomic E-state index is 12.0. The van der Waals surface area contributed by atoms with E-state index in [-0.39, 0.29) is 5.91 Å². The van der Waals surface area contributed by atoms with Crippen LogP contribution in [0.4, 0.5) is 5.69 Å². The molecule has 1 fully saturated rings. The predicted molar refractivity (Wildman–Crippen MR) is 83.5 cm³/mol. The van der Waals surface area contributed by atoms with Gasteiger partial charge in [0, 0.05) is 51.5 Å². The number of likely N-dealkylation sites (N-methyl/N-ethyl adjacent to an activating group) is 1. The molecule has 0 saturated carbocycles. The summed E-state index contributed by atoms with van der Waals surface area (Å²) < 4.78 is 0. The van der Waals surface area contributed by atoms with Crippen LogP contribution in [0.3, 0.4) is 0 Å². The SMILES string of the molecule is CCN1CCN(c2ccc(C(=O)N(C)C)cc2C)CC1. The maximum atomic E-state index is 12.0. The third kappa shape index (κ3) is 3.12. The lowest BCUT2D eigenvalue weighted by Crippen LogP contribution is -2.46. The number of hydrogen-bond acceptors (Lipinski definition) is 3. The minimum Gasteiger partial charge on any atom is -0.369 e. The fourth-order valence-electron chi connectivity index (χ4n) is 2.71. The average Bonchev–Trinajstić information content (AvgIpc) is 2.46. The first-order chi connectivity index (χ1) is 9.52. The standard InChI is InChI=1S/C16H25N3O/c1-5-18-8-10-19(11-9-18)15-7-6-14(12-13(15)2)16(20)17(3)4/h6-7,12H,5,8-11H2,1-4H3. The first-order valence-corrected chi connectivity index (χ1v) is 7.32. The van der Waals surface area contributed by atoms with E-state index in [0.717, 1.165) is 38.3 Å². The first kappa shape index (κ1) is 14.9. The van der Waals surface area contributed by atoms with E-state index in [1.165, 1.54) is 11.3 Å². The second-order valence-electron chi connectivity index (χ2n) is 5.62. The molecule has 2 rings (SSSR count). The van der Waals surface area contributed by atoms with Crippen molar-refractivity contribution in [2.24, 2.45) is 0 Å². The van der Waals surface area contributed by atoms with Gasteiger partial charge in [-0.15, -0.1) is 0 Å². The van der Waals surface area contributed by atoms with Gasteiger partial charge >= 0.3 is 0 Å². The molecule has 1 aromatic carbocycles. The fourth-order valence-corrected chi connectivity index (χ4v) is 2.71. The molecule has 0 unspecified atom stereocenters. The minimum atomic E-state index is 0.0652. The van der Waals surface area contributed by atoms with Gasteiger partial charge in [0.1, 0.15) is 0 Å². The summed E-state index contributed by atoms with van der Waals surface area (Å²) in [6, 6.07) is 6.04. The van der Waals surface area contributed by atoms with Crippen LogP contribution in [-0.4, -0.2) is 62.5 Å². The van der Waals surface area contributed by atoms with E-state index in [2.05, 4.69) is 29.7 Å². The Morgan fingerprint density at radius 1 is 1.20 bits per heavy atom. The molecule has 110 valence electrons. The smallest absolute Gasteiger partial charge is 0.253 e. The highest BCUT2D eigenvalue weighted by Gasteiger charge is 2.18. The second-order valence-corrected chi connectivity index (χ2v) is 5.62. The molecule has 0 aromatic heterocycles. The van der Waals surface area contributed by atoms with Gasteiger partial charge in [0.25, 0.3) is 5.91 Å². The van der Waals surface area contributed by atoms with Crippen LogP contribution < -0.4 is 4.90 Å². The Kier molecular flexibility index (Phi) is 4.65. The number of nitrogens with zero attached hydrogens (tertiary/aromatic N) is 3. The molecule has 0 atom stereocenters. The van der Waals surface area contributed by atoms with Crippen LogP contribution in [-0.2, 0) is 0 Å². The van der Waals surface area contributed by atoms with Gasteiger partial charge < -0.3 is 14.7 Å². The summed E-state index contributed by atoms with van der Waals surface area (Å²) in [6.07, 6.45) is 0. The largest absolute Gasteiger partial charge is 0.369 e. The van der Waals surface area contributed by atoms with Crippen molar-refractivity contribution in [1.82, 2.24) is 9.80 Å². The van der Waals surface area contributed by atoms with Crippen LogP contribution in [0.1, 0.15) is 22.8 Å². The minimum absolute atomic E-state index is 0.0652. The number of piperazine rings is 1. The van der Waals surface area contributed by atoms with Crippen molar-refractivity contribution >= 4 is 11.6 Å². The van der Waals surface area contributed by atoms with Gasteiger partial charge in [-0.3, -0.25) is 4.79 Å². The van der Waals surface area contributed by atoms with E-state index in [4.69, 9.17) is 0 Å². The highest BCUT2D eigenvalue weighted by molar-refractivity contribution is 5.94. The number of carbonyl (C=O) groups is 1. The summed E-state index contributed by atoms with van der Waals surface area (Å²) in [6.45, 7) is 9.80. The molecule has 1 aliphatic rings. The number of amides is 1. The van der Waals surface area contributed by atoms with Gasteiger partial charge in [-0.05, 0) is 37.2 Å². The van der Waals surface area contributed by atoms with E-state index in [9.17, 15) is 4.79 Å². The molecule has 0 aliphatic carbocycles. The Morgan fingerprint density at radius 2 is 1.85 bits per heavy atom. The van der Waals surface area contributed by atoms with Crippen molar-refractivity contribution in [2.75, 3.05) is 51.7 Å². The van der Waals surface area contributed by atoms with E-state index in [0.29, 0.717) is 0 Å². The van der Waals surface area contributed by atoms with Crippen molar-refractivity contribution in [3.63, 3.8) is 0 Å². The highest BCUT2D eigenvalue weighted by atomic mass is 16.2. The van der Waals surface area contributed by atoms with Crippen LogP contribution >= 0.6 is 0 Å². The monoisotopic (exact) mass is 275 g/mol. The third-order valence-electron chi connectivity index (χ3n) is 4.01. The molecule has 0 radical (unpaired) electrons. The molecular weight excluding hydrogens is 250 g/mol. The molecule has 1 amide bonds. The molecule has 1 aromatic rings. The lowest BCUT2D eigenvalue weighted by molar-refractivity contribution is 0.0827. The molecule has 1 aliphatic heterocycles. The highest BCUT2D eigenvalue weighted by Crippen LogP contribution is 2.23. The quantitative estimate of drug-likeness (QED) is 0.842. The van der Waals surface area contributed by atoms with Crippen LogP contribution in [0.2, 0.25) is 0 Å². The van der Waals surface area contributed by atoms with Gasteiger partial charge in [0.05, 0.1) is 0 Å². The maximum Gasteiger partial charge on any atom is 0.253 e. The van der Waals surface area contributed by atoms with Crippen LogP contribution in [0.25, 0.3) is 0 Å². The third-order valence-corrected chi connectivity index (χ3v) is 4.01. The number of rotatable bonds is 3. The van der Waals surface area contributed by atoms with Crippen molar-refractivity contribution < 1.29 is 4.79 Å². The molecule has 1 saturated heterocycles. The normalized spacial score (nSPS) is 16.3. The van der Waals surface area contributed by atoms with Crippen molar-refractivity contribution in [3.05, 3.63) is 29.3 Å². The number of hydrogen-bond donors (Lipinski definition) is 0. The Balaban J connectivity index is 2.12. The summed E-state index contributed by atoms with van der Waals surface area (Å²) >= 11 is 0. The summed E-state index contributed by atoms with van der Waals surface area (Å²) in [5.41, 5.74) is 3.21. The average molecular weight is 275 g/mol. The number of benzene rings is 1. The lowest BCUT2D eigenvalue weighted by atomic mass is 10.1. The zero-order valence-corrected chi connectivity index (χ0v) is 13.0. The van der Waals surface area contributed by atoms with Crippen LogP contribution in [0.5, 0.6) is 0 Å². The molecule has 20 heavy (non-hydrogen) atoms. The molecule has 4 nitrogen and oxygen atoms in total. The molecule has 1 heterocycles. The van der Waals surface area contributed by atoms with E-state index in [1.807, 2.05) is 12.1 Å². The number of anilines is 1. The summed E-state index contributed by atoms with van der Waals surface area (Å²) in [4.78, 5) is 18.5. The van der Waals surface area contributed by atoms with Crippen molar-refractivity contribution in [1.29, 1.82) is 0 Å². The molecule has 0 bridgehead atoms. The van der Waals surface area contributed by atoms with Crippen molar-refractivity contribution in [2.45, 2.75) is 13.8 Å². The van der Waals surface area contributed by atoms with Crippen LogP contribution in [0.15, 0.2) is 18.2 Å². The van der Waals surface area contributed by atoms with Gasteiger partial charge in [0.2, 0.25) is 0 Å². The summed E-state index contributed by atoms with van der Waals surface area (Å²) in [5, 5.41) is 0. The zero-order valence-electron chi connectivity index (χ0n) is 13.0. The molecule has 0 N–H and O–H groups in total. The Bertz CT molecular complexity index is 477. The first-order valence-electron chi connectivity index (χ1n) is 7.32. The Morgan fingerprint density at radius 3 is 2.35 bits per heavy atom.